The van der Waals surface area contributed by atoms with Crippen molar-refractivity contribution in [2.45, 2.75) is 25.3 Å². The van der Waals surface area contributed by atoms with Crippen LogP contribution in [0, 0.1) is 0 Å². The largest absolute Gasteiger partial charge is 0.385 e. The average molecular weight is 280 g/mol. The first kappa shape index (κ1) is 14.7. The van der Waals surface area contributed by atoms with Crippen molar-refractivity contribution in [3.63, 3.8) is 0 Å². The summed E-state index contributed by atoms with van der Waals surface area (Å²) in [5.41, 5.74) is 0. The summed E-state index contributed by atoms with van der Waals surface area (Å²) in [6.07, 6.45) is 2.18. The van der Waals surface area contributed by atoms with E-state index in [1.807, 2.05) is 0 Å². The van der Waals surface area contributed by atoms with E-state index in [-0.39, 0.29) is 17.5 Å². The molecule has 0 atom stereocenters. The van der Waals surface area contributed by atoms with Gasteiger partial charge in [0.1, 0.15) is 9.84 Å². The number of nitrogens with one attached hydrogen (secondary N) is 2. The van der Waals surface area contributed by atoms with Gasteiger partial charge in [0.25, 0.3) is 0 Å². The summed E-state index contributed by atoms with van der Waals surface area (Å²) in [5.74, 6) is 0.522. The Morgan fingerprint density at radius 1 is 1.41 bits per heavy atom. The lowest BCUT2D eigenvalue weighted by molar-refractivity contribution is 0.195. The molecule has 1 heterocycles. The van der Waals surface area contributed by atoms with Crippen molar-refractivity contribution in [2.75, 3.05) is 31.8 Å². The molecule has 1 saturated heterocycles. The maximum Gasteiger partial charge on any atom is 0.166 e. The number of sulfone groups is 1. The zero-order valence-corrected chi connectivity index (χ0v) is 11.7. The third-order valence-corrected chi connectivity index (χ3v) is 4.68. The highest BCUT2D eigenvalue weighted by Gasteiger charge is 2.23. The van der Waals surface area contributed by atoms with Crippen molar-refractivity contribution < 1.29 is 13.2 Å². The van der Waals surface area contributed by atoms with E-state index in [0.717, 1.165) is 13.0 Å². The third-order valence-electron chi connectivity index (χ3n) is 2.70. The molecule has 0 aliphatic carbocycles. The Morgan fingerprint density at radius 3 is 2.65 bits per heavy atom. The van der Waals surface area contributed by atoms with E-state index in [2.05, 4.69) is 10.6 Å². The van der Waals surface area contributed by atoms with Crippen molar-refractivity contribution in [3.05, 3.63) is 0 Å². The number of thiocarbonyl (C=S) groups is 1. The van der Waals surface area contributed by atoms with Gasteiger partial charge in [0, 0.05) is 26.3 Å². The topological polar surface area (TPSA) is 67.4 Å². The Bertz CT molecular complexity index is 329. The Balaban J connectivity index is 2.15. The first-order valence-electron chi connectivity index (χ1n) is 5.77. The smallest absolute Gasteiger partial charge is 0.166 e. The summed E-state index contributed by atoms with van der Waals surface area (Å²) in [4.78, 5) is 0. The minimum absolute atomic E-state index is 0.181. The number of rotatable bonds is 5. The molecule has 1 aliphatic heterocycles. The van der Waals surface area contributed by atoms with Crippen LogP contribution in [0.2, 0.25) is 0 Å². The molecule has 0 saturated carbocycles. The molecule has 0 bridgehead atoms. The fraction of sp³-hybridized carbons (Fsp3) is 0.900. The summed E-state index contributed by atoms with van der Waals surface area (Å²) < 4.78 is 27.4. The van der Waals surface area contributed by atoms with Crippen LogP contribution in [0.3, 0.4) is 0 Å². The molecule has 1 aliphatic rings. The number of hydrogen-bond acceptors (Lipinski definition) is 4. The SMILES string of the molecule is COCCCNC(=S)NC1CCS(=O)(=O)CC1. The van der Waals surface area contributed by atoms with Gasteiger partial charge < -0.3 is 15.4 Å². The molecular weight excluding hydrogens is 260 g/mol. The average Bonchev–Trinajstić information content (AvgIpc) is 2.28. The highest BCUT2D eigenvalue weighted by atomic mass is 32.2. The van der Waals surface area contributed by atoms with Crippen LogP contribution < -0.4 is 10.6 Å². The molecule has 0 unspecified atom stereocenters. The molecule has 0 radical (unpaired) electrons. The van der Waals surface area contributed by atoms with Crippen LogP contribution in [0.25, 0.3) is 0 Å². The van der Waals surface area contributed by atoms with Gasteiger partial charge in [-0.25, -0.2) is 8.42 Å². The van der Waals surface area contributed by atoms with E-state index in [4.69, 9.17) is 17.0 Å². The molecule has 100 valence electrons. The highest BCUT2D eigenvalue weighted by Crippen LogP contribution is 2.11. The quantitative estimate of drug-likeness (QED) is 0.548. The van der Waals surface area contributed by atoms with E-state index in [1.54, 1.807) is 7.11 Å². The zero-order valence-electron chi connectivity index (χ0n) is 10.1. The van der Waals surface area contributed by atoms with E-state index < -0.39 is 9.84 Å². The van der Waals surface area contributed by atoms with Gasteiger partial charge in [0.05, 0.1) is 11.5 Å². The number of methoxy groups -OCH3 is 1. The standard InChI is InChI=1S/C10H20N2O3S2/c1-15-6-2-5-11-10(16)12-9-3-7-17(13,14)8-4-9/h9H,2-8H2,1H3,(H2,11,12,16). The van der Waals surface area contributed by atoms with Gasteiger partial charge >= 0.3 is 0 Å². The van der Waals surface area contributed by atoms with Crippen LogP contribution in [0.1, 0.15) is 19.3 Å². The van der Waals surface area contributed by atoms with Gasteiger partial charge in [-0.1, -0.05) is 0 Å². The summed E-state index contributed by atoms with van der Waals surface area (Å²) in [6.45, 7) is 1.47. The molecule has 1 fully saturated rings. The number of ether oxygens (including phenoxy) is 1. The van der Waals surface area contributed by atoms with Crippen molar-refractivity contribution >= 4 is 27.2 Å². The van der Waals surface area contributed by atoms with E-state index in [0.29, 0.717) is 24.6 Å². The molecule has 1 rings (SSSR count). The monoisotopic (exact) mass is 280 g/mol. The van der Waals surface area contributed by atoms with E-state index in [9.17, 15) is 8.42 Å². The van der Waals surface area contributed by atoms with Gasteiger partial charge in [-0.3, -0.25) is 0 Å². The lowest BCUT2D eigenvalue weighted by atomic mass is 10.2. The molecule has 0 aromatic carbocycles. The Labute approximate surface area is 108 Å². The first-order valence-corrected chi connectivity index (χ1v) is 8.00. The lowest BCUT2D eigenvalue weighted by Gasteiger charge is -2.24. The molecule has 5 nitrogen and oxygen atoms in total. The van der Waals surface area contributed by atoms with Crippen LogP contribution in [0.4, 0.5) is 0 Å². The Kier molecular flexibility index (Phi) is 6.15. The fourth-order valence-corrected chi connectivity index (χ4v) is 3.45. The van der Waals surface area contributed by atoms with Crippen LogP contribution >= 0.6 is 12.2 Å². The fourth-order valence-electron chi connectivity index (χ4n) is 1.69. The zero-order chi connectivity index (χ0) is 12.7. The third kappa shape index (κ3) is 6.18. The highest BCUT2D eigenvalue weighted by molar-refractivity contribution is 7.91. The van der Waals surface area contributed by atoms with Gasteiger partial charge in [0.2, 0.25) is 0 Å². The van der Waals surface area contributed by atoms with Crippen LogP contribution in [-0.2, 0) is 14.6 Å². The van der Waals surface area contributed by atoms with E-state index >= 15 is 0 Å². The minimum Gasteiger partial charge on any atom is -0.385 e. The molecule has 0 amide bonds. The second-order valence-corrected chi connectivity index (χ2v) is 6.88. The first-order chi connectivity index (χ1) is 8.03. The summed E-state index contributed by atoms with van der Waals surface area (Å²) >= 11 is 5.13. The van der Waals surface area contributed by atoms with Crippen molar-refractivity contribution in [1.29, 1.82) is 0 Å². The number of hydrogen-bond donors (Lipinski definition) is 2. The predicted molar refractivity (Wildman–Crippen MR) is 71.9 cm³/mol. The van der Waals surface area contributed by atoms with Crippen LogP contribution in [-0.4, -0.2) is 51.3 Å². The van der Waals surface area contributed by atoms with Crippen molar-refractivity contribution in [1.82, 2.24) is 10.6 Å². The van der Waals surface area contributed by atoms with Crippen LogP contribution in [0.15, 0.2) is 0 Å². The van der Waals surface area contributed by atoms with Crippen molar-refractivity contribution in [3.8, 4) is 0 Å². The minimum atomic E-state index is -2.80. The van der Waals surface area contributed by atoms with Gasteiger partial charge in [-0.05, 0) is 31.5 Å². The Morgan fingerprint density at radius 2 is 2.06 bits per heavy atom. The van der Waals surface area contributed by atoms with Gasteiger partial charge in [0.15, 0.2) is 5.11 Å². The second kappa shape index (κ2) is 7.13. The maximum atomic E-state index is 11.2. The summed E-state index contributed by atoms with van der Waals surface area (Å²) in [7, 11) is -1.13. The van der Waals surface area contributed by atoms with Gasteiger partial charge in [-0.15, -0.1) is 0 Å². The molecule has 0 aromatic heterocycles. The Hall–Kier alpha value is -0.400. The maximum absolute atomic E-state index is 11.2. The molecule has 7 heteroatoms. The molecule has 0 aromatic rings. The molecule has 0 spiro atoms. The molecule has 17 heavy (non-hydrogen) atoms. The second-order valence-electron chi connectivity index (χ2n) is 4.17. The molecular formula is C10H20N2O3S2. The van der Waals surface area contributed by atoms with Crippen molar-refractivity contribution in [2.24, 2.45) is 0 Å². The van der Waals surface area contributed by atoms with Gasteiger partial charge in [-0.2, -0.15) is 0 Å². The summed E-state index contributed by atoms with van der Waals surface area (Å²) in [6, 6.07) is 0.181. The van der Waals surface area contributed by atoms with Crippen LogP contribution in [0.5, 0.6) is 0 Å². The summed E-state index contributed by atoms with van der Waals surface area (Å²) in [5, 5.41) is 6.83. The van der Waals surface area contributed by atoms with E-state index in [1.165, 1.54) is 0 Å². The normalized spacial score (nSPS) is 19.8. The molecule has 2 N–H and O–H groups in total. The lowest BCUT2D eigenvalue weighted by Crippen LogP contribution is -2.45. The predicted octanol–water partition coefficient (Wildman–Crippen LogP) is 0.0642.